The van der Waals surface area contributed by atoms with Crippen LogP contribution in [0, 0.1) is 0 Å². The smallest absolute Gasteiger partial charge is 0.326 e. The molecule has 4 unspecified atom stereocenters. The van der Waals surface area contributed by atoms with Gasteiger partial charge in [-0.15, -0.1) is 0 Å². The van der Waals surface area contributed by atoms with Crippen molar-refractivity contribution in [3.05, 3.63) is 29.8 Å². The Morgan fingerprint density at radius 3 is 2.17 bits per heavy atom. The lowest BCUT2D eigenvalue weighted by Gasteiger charge is -2.23. The minimum absolute atomic E-state index is 0.00132. The van der Waals surface area contributed by atoms with Crippen molar-refractivity contribution < 1.29 is 39.6 Å². The molecule has 0 bridgehead atoms. The first-order valence-electron chi connectivity index (χ1n) is 8.97. The Hall–Kier alpha value is -3.22. The quantitative estimate of drug-likeness (QED) is 0.179. The molecule has 166 valence electrons. The number of hydrogen-bond donors (Lipinski definition) is 8. The van der Waals surface area contributed by atoms with Crippen molar-refractivity contribution in [3.8, 4) is 5.75 Å². The summed E-state index contributed by atoms with van der Waals surface area (Å²) >= 11 is 0. The molecule has 4 atom stereocenters. The number of carbonyl (C=O) groups is 4. The van der Waals surface area contributed by atoms with Gasteiger partial charge in [0, 0.05) is 6.42 Å². The Bertz CT molecular complexity index is 753. The molecule has 0 saturated heterocycles. The van der Waals surface area contributed by atoms with E-state index in [-0.39, 0.29) is 12.2 Å². The van der Waals surface area contributed by atoms with Crippen LogP contribution in [0.3, 0.4) is 0 Å². The highest BCUT2D eigenvalue weighted by molar-refractivity contribution is 5.92. The fourth-order valence-corrected chi connectivity index (χ4v) is 2.34. The molecule has 0 spiro atoms. The van der Waals surface area contributed by atoms with Crippen molar-refractivity contribution in [2.45, 2.75) is 37.6 Å². The summed E-state index contributed by atoms with van der Waals surface area (Å²) in [6, 6.07) is 1.66. The number of aliphatic hydroxyl groups excluding tert-OH is 2. The van der Waals surface area contributed by atoms with Gasteiger partial charge in [-0.3, -0.25) is 14.4 Å². The van der Waals surface area contributed by atoms with E-state index in [0.717, 1.165) is 0 Å². The summed E-state index contributed by atoms with van der Waals surface area (Å²) in [6.07, 6.45) is -1.47. The third-order valence-corrected chi connectivity index (χ3v) is 4.03. The first-order valence-corrected chi connectivity index (χ1v) is 8.97. The largest absolute Gasteiger partial charge is 0.508 e. The van der Waals surface area contributed by atoms with Crippen LogP contribution in [0.25, 0.3) is 0 Å². The van der Waals surface area contributed by atoms with E-state index in [2.05, 4.69) is 16.0 Å². The number of aromatic hydroxyl groups is 1. The summed E-state index contributed by atoms with van der Waals surface area (Å²) in [5.74, 6) is -3.90. The summed E-state index contributed by atoms with van der Waals surface area (Å²) in [6.45, 7) is 0.0309. The van der Waals surface area contributed by atoms with Gasteiger partial charge < -0.3 is 42.1 Å². The number of aliphatic hydroxyl groups is 2. The zero-order chi connectivity index (χ0) is 22.8. The van der Waals surface area contributed by atoms with Gasteiger partial charge in [-0.25, -0.2) is 4.79 Å². The highest BCUT2D eigenvalue weighted by Gasteiger charge is 2.30. The zero-order valence-corrected chi connectivity index (χ0v) is 16.2. The van der Waals surface area contributed by atoms with E-state index < -0.39 is 61.1 Å². The molecule has 0 aliphatic carbocycles. The molecule has 0 radical (unpaired) electrons. The molecule has 0 saturated carbocycles. The van der Waals surface area contributed by atoms with Gasteiger partial charge in [-0.2, -0.15) is 0 Å². The summed E-state index contributed by atoms with van der Waals surface area (Å²) in [5.41, 5.74) is 5.82. The van der Waals surface area contributed by atoms with Gasteiger partial charge in [0.15, 0.2) is 0 Å². The minimum Gasteiger partial charge on any atom is -0.508 e. The number of nitrogens with two attached hydrogens (primary N) is 1. The number of carbonyl (C=O) groups excluding carboxylic acids is 3. The van der Waals surface area contributed by atoms with Crippen LogP contribution in [0.4, 0.5) is 0 Å². The zero-order valence-electron chi connectivity index (χ0n) is 16.2. The van der Waals surface area contributed by atoms with Gasteiger partial charge in [-0.05, 0) is 24.6 Å². The molecule has 0 fully saturated rings. The summed E-state index contributed by atoms with van der Waals surface area (Å²) < 4.78 is 0. The van der Waals surface area contributed by atoms with E-state index in [0.29, 0.717) is 5.56 Å². The van der Waals surface area contributed by atoms with Gasteiger partial charge >= 0.3 is 5.97 Å². The van der Waals surface area contributed by atoms with Crippen LogP contribution in [0.15, 0.2) is 24.3 Å². The predicted octanol–water partition coefficient (Wildman–Crippen LogP) is -3.19. The van der Waals surface area contributed by atoms with Crippen LogP contribution in [-0.4, -0.2) is 81.5 Å². The van der Waals surface area contributed by atoms with Gasteiger partial charge in [0.05, 0.1) is 19.3 Å². The van der Waals surface area contributed by atoms with E-state index in [4.69, 9.17) is 10.8 Å². The van der Waals surface area contributed by atoms with E-state index in [1.165, 1.54) is 31.2 Å². The molecule has 1 aromatic rings. The summed E-state index contributed by atoms with van der Waals surface area (Å²) in [4.78, 5) is 47.4. The van der Waals surface area contributed by atoms with Crippen molar-refractivity contribution >= 4 is 23.7 Å². The molecule has 0 aliphatic heterocycles. The Morgan fingerprint density at radius 1 is 1.07 bits per heavy atom. The average Bonchev–Trinajstić information content (AvgIpc) is 2.70. The normalized spacial score (nSPS) is 14.7. The number of aliphatic carboxylic acids is 1. The maximum absolute atomic E-state index is 12.4. The molecule has 12 heteroatoms. The first kappa shape index (κ1) is 24.8. The van der Waals surface area contributed by atoms with Gasteiger partial charge in [-0.1, -0.05) is 12.1 Å². The van der Waals surface area contributed by atoms with E-state index in [1.54, 1.807) is 0 Å². The van der Waals surface area contributed by atoms with Crippen molar-refractivity contribution in [3.63, 3.8) is 0 Å². The van der Waals surface area contributed by atoms with Gasteiger partial charge in [0.25, 0.3) is 0 Å². The van der Waals surface area contributed by atoms with Crippen LogP contribution >= 0.6 is 0 Å². The van der Waals surface area contributed by atoms with E-state index in [1.807, 2.05) is 0 Å². The Morgan fingerprint density at radius 2 is 1.67 bits per heavy atom. The number of rotatable bonds is 11. The second-order valence-corrected chi connectivity index (χ2v) is 6.56. The van der Waals surface area contributed by atoms with Crippen molar-refractivity contribution in [1.29, 1.82) is 0 Å². The Labute approximate surface area is 172 Å². The predicted molar refractivity (Wildman–Crippen MR) is 103 cm³/mol. The number of hydrogen-bond acceptors (Lipinski definition) is 8. The number of carboxylic acid groups (broad SMARTS) is 1. The first-order chi connectivity index (χ1) is 14.0. The lowest BCUT2D eigenvalue weighted by molar-refractivity contribution is -0.142. The molecule has 9 N–H and O–H groups in total. The number of nitrogens with one attached hydrogen (secondary N) is 3. The summed E-state index contributed by atoms with van der Waals surface area (Å²) in [7, 11) is 0. The molecule has 0 aromatic heterocycles. The topological polar surface area (TPSA) is 211 Å². The van der Waals surface area contributed by atoms with Crippen LogP contribution < -0.4 is 21.7 Å². The molecule has 3 amide bonds. The fourth-order valence-electron chi connectivity index (χ4n) is 2.34. The highest BCUT2D eigenvalue weighted by atomic mass is 16.4. The van der Waals surface area contributed by atoms with Gasteiger partial charge in [0.1, 0.15) is 23.9 Å². The molecular formula is C18H26N4O8. The third kappa shape index (κ3) is 8.03. The second-order valence-electron chi connectivity index (χ2n) is 6.56. The molecule has 30 heavy (non-hydrogen) atoms. The standard InChI is InChI=1S/C18H26N4O8/c1-9(24)15(22-14(26)7-20-16(27)12(19)8-23)17(28)21-13(18(29)30)6-10-2-4-11(25)5-3-10/h2-5,9,12-13,15,23-25H,6-8,19H2,1H3,(H,20,27)(H,21,28)(H,22,26)(H,29,30). The lowest BCUT2D eigenvalue weighted by atomic mass is 10.0. The van der Waals surface area contributed by atoms with Crippen LogP contribution in [0.1, 0.15) is 12.5 Å². The molecule has 1 rings (SSSR count). The van der Waals surface area contributed by atoms with Crippen molar-refractivity contribution in [2.75, 3.05) is 13.2 Å². The molecule has 1 aromatic carbocycles. The Kier molecular flexibility index (Phi) is 9.68. The van der Waals surface area contributed by atoms with Crippen molar-refractivity contribution in [1.82, 2.24) is 16.0 Å². The number of benzene rings is 1. The molecule has 0 aliphatic rings. The molecular weight excluding hydrogens is 400 g/mol. The second kappa shape index (κ2) is 11.7. The van der Waals surface area contributed by atoms with E-state index in [9.17, 15) is 34.5 Å². The molecule has 12 nitrogen and oxygen atoms in total. The third-order valence-electron chi connectivity index (χ3n) is 4.03. The number of phenolic OH excluding ortho intramolecular Hbond substituents is 1. The highest BCUT2D eigenvalue weighted by Crippen LogP contribution is 2.11. The SMILES string of the molecule is CC(O)C(NC(=O)CNC(=O)C(N)CO)C(=O)NC(Cc1ccc(O)cc1)C(=O)O. The number of amides is 3. The minimum atomic E-state index is -1.48. The lowest BCUT2D eigenvalue weighted by Crippen LogP contribution is -2.57. The van der Waals surface area contributed by atoms with Crippen molar-refractivity contribution in [2.24, 2.45) is 5.73 Å². The van der Waals surface area contributed by atoms with Crippen LogP contribution in [-0.2, 0) is 25.6 Å². The fraction of sp³-hybridized carbons (Fsp3) is 0.444. The van der Waals surface area contributed by atoms with Crippen LogP contribution in [0.5, 0.6) is 5.75 Å². The van der Waals surface area contributed by atoms with Crippen LogP contribution in [0.2, 0.25) is 0 Å². The Balaban J connectivity index is 2.73. The van der Waals surface area contributed by atoms with Gasteiger partial charge in [0.2, 0.25) is 17.7 Å². The molecule has 0 heterocycles. The number of phenols is 1. The summed E-state index contributed by atoms with van der Waals surface area (Å²) in [5, 5.41) is 43.8. The number of carboxylic acids is 1. The maximum atomic E-state index is 12.4. The average molecular weight is 426 g/mol. The maximum Gasteiger partial charge on any atom is 0.326 e. The van der Waals surface area contributed by atoms with E-state index >= 15 is 0 Å². The monoisotopic (exact) mass is 426 g/mol.